The van der Waals surface area contributed by atoms with Gasteiger partial charge in [-0.2, -0.15) is 0 Å². The molecule has 0 aliphatic carbocycles. The van der Waals surface area contributed by atoms with Crippen molar-refractivity contribution in [1.82, 2.24) is 4.98 Å². The zero-order valence-electron chi connectivity index (χ0n) is 9.04. The van der Waals surface area contributed by atoms with Crippen molar-refractivity contribution in [3.05, 3.63) is 23.0 Å². The molecular weight excluding hydrogens is 298 g/mol. The Hall–Kier alpha value is -1.24. The number of methoxy groups -OCH3 is 1. The SMILES string of the molecule is COC(=O)Cc1c(N)cnc(C(F)F)c1CBr. The molecule has 94 valence electrons. The van der Waals surface area contributed by atoms with Crippen LogP contribution in [0.3, 0.4) is 0 Å². The fourth-order valence-corrected chi connectivity index (χ4v) is 2.01. The molecule has 0 saturated heterocycles. The number of hydrogen-bond donors (Lipinski definition) is 1. The molecule has 2 N–H and O–H groups in total. The number of hydrogen-bond acceptors (Lipinski definition) is 4. The molecule has 0 aromatic carbocycles. The highest BCUT2D eigenvalue weighted by atomic mass is 79.9. The number of anilines is 1. The van der Waals surface area contributed by atoms with E-state index in [9.17, 15) is 13.6 Å². The van der Waals surface area contributed by atoms with Crippen LogP contribution < -0.4 is 5.73 Å². The topological polar surface area (TPSA) is 65.2 Å². The van der Waals surface area contributed by atoms with Gasteiger partial charge in [-0.15, -0.1) is 0 Å². The Morgan fingerprint density at radius 3 is 2.71 bits per heavy atom. The molecule has 0 fully saturated rings. The number of pyridine rings is 1. The van der Waals surface area contributed by atoms with Crippen molar-refractivity contribution in [1.29, 1.82) is 0 Å². The van der Waals surface area contributed by atoms with Crippen LogP contribution in [-0.4, -0.2) is 18.1 Å². The van der Waals surface area contributed by atoms with E-state index < -0.39 is 12.4 Å². The Bertz CT molecular complexity index is 427. The van der Waals surface area contributed by atoms with Crippen LogP contribution in [-0.2, 0) is 21.3 Å². The molecule has 0 atom stereocenters. The molecule has 17 heavy (non-hydrogen) atoms. The van der Waals surface area contributed by atoms with Gasteiger partial charge in [0.1, 0.15) is 5.69 Å². The highest BCUT2D eigenvalue weighted by molar-refractivity contribution is 9.08. The molecular formula is C10H11BrF2N2O2. The largest absolute Gasteiger partial charge is 0.469 e. The first-order chi connectivity index (χ1) is 8.01. The van der Waals surface area contributed by atoms with Crippen molar-refractivity contribution in [2.24, 2.45) is 0 Å². The van der Waals surface area contributed by atoms with E-state index in [1.165, 1.54) is 7.11 Å². The van der Waals surface area contributed by atoms with E-state index in [2.05, 4.69) is 25.7 Å². The van der Waals surface area contributed by atoms with E-state index in [4.69, 9.17) is 5.73 Å². The van der Waals surface area contributed by atoms with Gasteiger partial charge in [-0.05, 0) is 11.1 Å². The molecule has 4 nitrogen and oxygen atoms in total. The van der Waals surface area contributed by atoms with Crippen molar-refractivity contribution in [2.75, 3.05) is 12.8 Å². The van der Waals surface area contributed by atoms with Gasteiger partial charge < -0.3 is 10.5 Å². The number of nitrogens with two attached hydrogens (primary N) is 1. The van der Waals surface area contributed by atoms with E-state index in [0.29, 0.717) is 5.56 Å². The number of nitrogens with zero attached hydrogens (tertiary/aromatic N) is 1. The average molecular weight is 309 g/mol. The number of aromatic nitrogens is 1. The Labute approximate surface area is 105 Å². The first kappa shape index (κ1) is 13.8. The van der Waals surface area contributed by atoms with Crippen LogP contribution in [0.1, 0.15) is 23.2 Å². The first-order valence-corrected chi connectivity index (χ1v) is 5.80. The number of halogens is 3. The van der Waals surface area contributed by atoms with Crippen molar-refractivity contribution in [3.63, 3.8) is 0 Å². The fraction of sp³-hybridized carbons (Fsp3) is 0.400. The van der Waals surface area contributed by atoms with E-state index in [0.717, 1.165) is 6.20 Å². The minimum atomic E-state index is -2.71. The van der Waals surface area contributed by atoms with Gasteiger partial charge in [0.05, 0.1) is 25.4 Å². The van der Waals surface area contributed by atoms with Gasteiger partial charge in [-0.1, -0.05) is 15.9 Å². The Kier molecular flexibility index (Phi) is 4.80. The summed E-state index contributed by atoms with van der Waals surface area (Å²) in [5.74, 6) is -0.537. The quantitative estimate of drug-likeness (QED) is 0.684. The van der Waals surface area contributed by atoms with Gasteiger partial charge in [0.25, 0.3) is 6.43 Å². The smallest absolute Gasteiger partial charge is 0.310 e. The van der Waals surface area contributed by atoms with E-state index in [1.807, 2.05) is 0 Å². The van der Waals surface area contributed by atoms with Gasteiger partial charge in [0.2, 0.25) is 0 Å². The summed E-state index contributed by atoms with van der Waals surface area (Å²) in [7, 11) is 1.22. The fourth-order valence-electron chi connectivity index (χ4n) is 1.39. The summed E-state index contributed by atoms with van der Waals surface area (Å²) < 4.78 is 29.9. The van der Waals surface area contributed by atoms with Gasteiger partial charge in [-0.25, -0.2) is 8.78 Å². The lowest BCUT2D eigenvalue weighted by Crippen LogP contribution is -2.12. The number of rotatable bonds is 4. The maximum Gasteiger partial charge on any atom is 0.310 e. The molecule has 0 unspecified atom stereocenters. The van der Waals surface area contributed by atoms with Gasteiger partial charge >= 0.3 is 5.97 Å². The first-order valence-electron chi connectivity index (χ1n) is 4.68. The average Bonchev–Trinajstić information content (AvgIpc) is 2.30. The summed E-state index contributed by atoms with van der Waals surface area (Å²) in [6.07, 6.45) is -1.73. The van der Waals surface area contributed by atoms with Crippen LogP contribution in [0.2, 0.25) is 0 Å². The summed E-state index contributed by atoms with van der Waals surface area (Å²) in [6.45, 7) is 0. The van der Waals surface area contributed by atoms with Crippen LogP contribution in [0.5, 0.6) is 0 Å². The van der Waals surface area contributed by atoms with Crippen molar-refractivity contribution >= 4 is 27.6 Å². The number of alkyl halides is 3. The second-order valence-corrected chi connectivity index (χ2v) is 3.80. The van der Waals surface area contributed by atoms with Crippen LogP contribution in [0.4, 0.5) is 14.5 Å². The molecule has 1 heterocycles. The highest BCUT2D eigenvalue weighted by Gasteiger charge is 2.20. The van der Waals surface area contributed by atoms with E-state index >= 15 is 0 Å². The van der Waals surface area contributed by atoms with Gasteiger partial charge in [0, 0.05) is 5.33 Å². The molecule has 0 aliphatic rings. The van der Waals surface area contributed by atoms with Crippen molar-refractivity contribution in [2.45, 2.75) is 18.2 Å². The number of ether oxygens (including phenoxy) is 1. The second-order valence-electron chi connectivity index (χ2n) is 3.24. The predicted octanol–water partition coefficient (Wildman–Crippen LogP) is 2.21. The molecule has 1 aromatic rings. The lowest BCUT2D eigenvalue weighted by atomic mass is 10.0. The molecule has 1 aromatic heterocycles. The minimum absolute atomic E-state index is 0.147. The maximum absolute atomic E-state index is 12.7. The molecule has 0 amide bonds. The third kappa shape index (κ3) is 3.12. The Morgan fingerprint density at radius 2 is 2.24 bits per heavy atom. The van der Waals surface area contributed by atoms with Crippen molar-refractivity contribution in [3.8, 4) is 0 Å². The van der Waals surface area contributed by atoms with Gasteiger partial charge in [-0.3, -0.25) is 9.78 Å². The van der Waals surface area contributed by atoms with Crippen LogP contribution in [0, 0.1) is 0 Å². The molecule has 0 spiro atoms. The molecule has 0 radical (unpaired) electrons. The number of carbonyl (C=O) groups excluding carboxylic acids is 1. The lowest BCUT2D eigenvalue weighted by molar-refractivity contribution is -0.139. The van der Waals surface area contributed by atoms with Gasteiger partial charge in [0.15, 0.2) is 0 Å². The molecule has 7 heteroatoms. The summed E-state index contributed by atoms with van der Waals surface area (Å²) >= 11 is 3.09. The van der Waals surface area contributed by atoms with Crippen LogP contribution in [0.15, 0.2) is 6.20 Å². The minimum Gasteiger partial charge on any atom is -0.469 e. The lowest BCUT2D eigenvalue weighted by Gasteiger charge is -2.13. The summed E-state index contributed by atoms with van der Waals surface area (Å²) in [5.41, 5.74) is 6.04. The van der Waals surface area contributed by atoms with Crippen molar-refractivity contribution < 1.29 is 18.3 Å². The molecule has 1 rings (SSSR count). The number of nitrogen functional groups attached to an aromatic ring is 1. The molecule has 0 saturated carbocycles. The normalized spacial score (nSPS) is 10.6. The van der Waals surface area contributed by atoms with Crippen LogP contribution in [0.25, 0.3) is 0 Å². The molecule has 0 bridgehead atoms. The van der Waals surface area contributed by atoms with E-state index in [-0.39, 0.29) is 28.7 Å². The third-order valence-corrected chi connectivity index (χ3v) is 2.81. The molecule has 0 aliphatic heterocycles. The predicted molar refractivity (Wildman–Crippen MR) is 62.0 cm³/mol. The maximum atomic E-state index is 12.7. The number of carbonyl (C=O) groups is 1. The number of esters is 1. The standard InChI is InChI=1S/C10H11BrF2N2O2/c1-17-8(16)2-5-6(3-11)9(10(12)13)15-4-7(5)14/h4,10H,2-3,14H2,1H3. The zero-order valence-corrected chi connectivity index (χ0v) is 10.6. The summed E-state index contributed by atoms with van der Waals surface area (Å²) in [5, 5.41) is 0.150. The zero-order chi connectivity index (χ0) is 13.0. The Balaban J connectivity index is 3.25. The Morgan fingerprint density at radius 1 is 1.59 bits per heavy atom. The third-order valence-electron chi connectivity index (χ3n) is 2.25. The summed E-state index contributed by atoms with van der Waals surface area (Å²) in [6, 6.07) is 0. The second kappa shape index (κ2) is 5.90. The van der Waals surface area contributed by atoms with E-state index in [1.54, 1.807) is 0 Å². The highest BCUT2D eigenvalue weighted by Crippen LogP contribution is 2.29. The summed E-state index contributed by atoms with van der Waals surface area (Å²) in [4.78, 5) is 14.8. The van der Waals surface area contributed by atoms with Crippen LogP contribution >= 0.6 is 15.9 Å². The monoisotopic (exact) mass is 308 g/mol.